The number of halogens is 1. The topological polar surface area (TPSA) is 75.4 Å². The predicted molar refractivity (Wildman–Crippen MR) is 88.3 cm³/mol. The van der Waals surface area contributed by atoms with E-state index in [1.165, 1.54) is 12.1 Å². The third-order valence-corrected chi connectivity index (χ3v) is 4.14. The Balaban J connectivity index is 1.59. The van der Waals surface area contributed by atoms with Crippen molar-refractivity contribution in [3.63, 3.8) is 0 Å². The third kappa shape index (κ3) is 4.04. The Morgan fingerprint density at radius 2 is 2.24 bits per heavy atom. The Morgan fingerprint density at radius 3 is 2.92 bits per heavy atom. The van der Waals surface area contributed by atoms with Crippen LogP contribution in [0.2, 0.25) is 0 Å². The van der Waals surface area contributed by atoms with Gasteiger partial charge in [-0.25, -0.2) is 4.39 Å². The van der Waals surface area contributed by atoms with Gasteiger partial charge in [0.05, 0.1) is 6.04 Å². The van der Waals surface area contributed by atoms with E-state index in [0.717, 1.165) is 5.56 Å². The van der Waals surface area contributed by atoms with Crippen LogP contribution in [0.25, 0.3) is 0 Å². The molecule has 1 N–H and O–H groups in total. The molecule has 1 aliphatic rings. The van der Waals surface area contributed by atoms with E-state index in [2.05, 4.69) is 10.5 Å². The number of aromatic nitrogens is 1. The number of hydrogen-bond donors (Lipinski definition) is 1. The number of likely N-dealkylation sites (tertiary alicyclic amines) is 1. The first-order valence-corrected chi connectivity index (χ1v) is 8.22. The normalized spacial score (nSPS) is 17.4. The fourth-order valence-corrected chi connectivity index (χ4v) is 2.81. The molecule has 132 valence electrons. The lowest BCUT2D eigenvalue weighted by Crippen LogP contribution is -2.37. The monoisotopic (exact) mass is 345 g/mol. The Labute approximate surface area is 145 Å². The fourth-order valence-electron chi connectivity index (χ4n) is 2.81. The summed E-state index contributed by atoms with van der Waals surface area (Å²) in [6.45, 7) is 4.60. The van der Waals surface area contributed by atoms with Crippen LogP contribution in [0.3, 0.4) is 0 Å². The molecular formula is C18H20FN3O3. The van der Waals surface area contributed by atoms with Gasteiger partial charge in [0.1, 0.15) is 11.6 Å². The molecule has 0 bridgehead atoms. The number of nitrogens with one attached hydrogen (secondary N) is 1. The SMILES string of the molecule is CC(C)c1cc(C(=O)NC2CC(=O)N(Cc3cccc(F)c3)C2)no1. The van der Waals surface area contributed by atoms with Crippen molar-refractivity contribution >= 4 is 11.8 Å². The Kier molecular flexibility index (Phi) is 4.83. The van der Waals surface area contributed by atoms with E-state index in [4.69, 9.17) is 4.52 Å². The van der Waals surface area contributed by atoms with Crippen molar-refractivity contribution in [2.45, 2.75) is 38.8 Å². The third-order valence-electron chi connectivity index (χ3n) is 4.14. The van der Waals surface area contributed by atoms with Gasteiger partial charge >= 0.3 is 0 Å². The minimum absolute atomic E-state index is 0.0717. The molecule has 1 fully saturated rings. The van der Waals surface area contributed by atoms with Gasteiger partial charge in [0.15, 0.2) is 5.69 Å². The fraction of sp³-hybridized carbons (Fsp3) is 0.389. The van der Waals surface area contributed by atoms with E-state index < -0.39 is 0 Å². The van der Waals surface area contributed by atoms with Crippen LogP contribution in [-0.2, 0) is 11.3 Å². The molecule has 0 aliphatic carbocycles. The second-order valence-electron chi connectivity index (χ2n) is 6.55. The molecule has 3 rings (SSSR count). The first kappa shape index (κ1) is 17.1. The number of hydrogen-bond acceptors (Lipinski definition) is 4. The molecule has 1 saturated heterocycles. The van der Waals surface area contributed by atoms with E-state index in [-0.39, 0.29) is 41.7 Å². The standard InChI is InChI=1S/C18H20FN3O3/c1-11(2)16-8-15(21-25-16)18(24)20-14-7-17(23)22(10-14)9-12-4-3-5-13(19)6-12/h3-6,8,11,14H,7,9-10H2,1-2H3,(H,20,24). The maximum Gasteiger partial charge on any atom is 0.273 e. The van der Waals surface area contributed by atoms with Gasteiger partial charge in [0.2, 0.25) is 5.91 Å². The minimum atomic E-state index is -0.360. The molecule has 2 aromatic rings. The molecule has 25 heavy (non-hydrogen) atoms. The smallest absolute Gasteiger partial charge is 0.273 e. The van der Waals surface area contributed by atoms with Crippen LogP contribution in [0.4, 0.5) is 4.39 Å². The van der Waals surface area contributed by atoms with Gasteiger partial charge in [-0.1, -0.05) is 31.1 Å². The van der Waals surface area contributed by atoms with Crippen molar-refractivity contribution in [1.82, 2.24) is 15.4 Å². The summed E-state index contributed by atoms with van der Waals surface area (Å²) in [5, 5.41) is 6.57. The molecular weight excluding hydrogens is 325 g/mol. The summed E-state index contributed by atoms with van der Waals surface area (Å²) < 4.78 is 18.4. The average Bonchev–Trinajstić information content (AvgIpc) is 3.15. The maximum absolute atomic E-state index is 13.3. The summed E-state index contributed by atoms with van der Waals surface area (Å²) in [5.41, 5.74) is 0.929. The van der Waals surface area contributed by atoms with Crippen molar-refractivity contribution in [3.8, 4) is 0 Å². The highest BCUT2D eigenvalue weighted by atomic mass is 19.1. The molecule has 1 aromatic carbocycles. The largest absolute Gasteiger partial charge is 0.360 e. The zero-order valence-corrected chi connectivity index (χ0v) is 14.2. The number of carbonyl (C=O) groups is 2. The summed E-state index contributed by atoms with van der Waals surface area (Å²) in [5.74, 6) is 0.0175. The van der Waals surface area contributed by atoms with Crippen LogP contribution >= 0.6 is 0 Å². The van der Waals surface area contributed by atoms with Crippen LogP contribution in [0.15, 0.2) is 34.9 Å². The van der Waals surface area contributed by atoms with Crippen LogP contribution in [0.5, 0.6) is 0 Å². The molecule has 1 unspecified atom stereocenters. The van der Waals surface area contributed by atoms with Crippen LogP contribution in [-0.4, -0.2) is 34.5 Å². The van der Waals surface area contributed by atoms with Crippen LogP contribution in [0.1, 0.15) is 48.0 Å². The Morgan fingerprint density at radius 1 is 1.44 bits per heavy atom. The number of amides is 2. The highest BCUT2D eigenvalue weighted by Crippen LogP contribution is 2.18. The van der Waals surface area contributed by atoms with Gasteiger partial charge in [0.25, 0.3) is 5.91 Å². The van der Waals surface area contributed by atoms with E-state index >= 15 is 0 Å². The molecule has 1 atom stereocenters. The molecule has 6 nitrogen and oxygen atoms in total. The van der Waals surface area contributed by atoms with Gasteiger partial charge in [-0.05, 0) is 17.7 Å². The first-order chi connectivity index (χ1) is 11.9. The summed E-state index contributed by atoms with van der Waals surface area (Å²) in [4.78, 5) is 26.0. The van der Waals surface area contributed by atoms with Gasteiger partial charge in [-0.3, -0.25) is 9.59 Å². The lowest BCUT2D eigenvalue weighted by atomic mass is 10.1. The molecule has 0 radical (unpaired) electrons. The van der Waals surface area contributed by atoms with Gasteiger partial charge in [-0.2, -0.15) is 0 Å². The summed E-state index contributed by atoms with van der Waals surface area (Å²) in [6.07, 6.45) is 0.218. The molecule has 2 amide bonds. The highest BCUT2D eigenvalue weighted by molar-refractivity contribution is 5.93. The quantitative estimate of drug-likeness (QED) is 0.903. The minimum Gasteiger partial charge on any atom is -0.360 e. The Hall–Kier alpha value is -2.70. The first-order valence-electron chi connectivity index (χ1n) is 8.22. The van der Waals surface area contributed by atoms with Crippen LogP contribution in [0, 0.1) is 5.82 Å². The molecule has 0 spiro atoms. The van der Waals surface area contributed by atoms with Crippen molar-refractivity contribution in [2.75, 3.05) is 6.54 Å². The zero-order chi connectivity index (χ0) is 18.0. The highest BCUT2D eigenvalue weighted by Gasteiger charge is 2.31. The van der Waals surface area contributed by atoms with E-state index in [0.29, 0.717) is 18.8 Å². The van der Waals surface area contributed by atoms with Crippen molar-refractivity contribution in [2.24, 2.45) is 0 Å². The van der Waals surface area contributed by atoms with Crippen molar-refractivity contribution < 1.29 is 18.5 Å². The Bertz CT molecular complexity index is 787. The molecule has 0 saturated carbocycles. The number of nitrogens with zero attached hydrogens (tertiary/aromatic N) is 2. The van der Waals surface area contributed by atoms with Crippen LogP contribution < -0.4 is 5.32 Å². The lowest BCUT2D eigenvalue weighted by Gasteiger charge is -2.17. The molecule has 2 heterocycles. The second kappa shape index (κ2) is 7.04. The average molecular weight is 345 g/mol. The lowest BCUT2D eigenvalue weighted by molar-refractivity contribution is -0.128. The predicted octanol–water partition coefficient (Wildman–Crippen LogP) is 2.47. The van der Waals surface area contributed by atoms with E-state index in [9.17, 15) is 14.0 Å². The van der Waals surface area contributed by atoms with Crippen molar-refractivity contribution in [3.05, 3.63) is 53.2 Å². The maximum atomic E-state index is 13.3. The number of carbonyl (C=O) groups excluding carboxylic acids is 2. The number of rotatable bonds is 5. The molecule has 1 aromatic heterocycles. The summed E-state index contributed by atoms with van der Waals surface area (Å²) in [7, 11) is 0. The van der Waals surface area contributed by atoms with E-state index in [1.807, 2.05) is 13.8 Å². The van der Waals surface area contributed by atoms with Gasteiger partial charge in [-0.15, -0.1) is 0 Å². The molecule has 7 heteroatoms. The second-order valence-corrected chi connectivity index (χ2v) is 6.55. The summed E-state index contributed by atoms with van der Waals surface area (Å²) in [6, 6.07) is 7.46. The van der Waals surface area contributed by atoms with E-state index in [1.54, 1.807) is 23.1 Å². The summed E-state index contributed by atoms with van der Waals surface area (Å²) >= 11 is 0. The van der Waals surface area contributed by atoms with Gasteiger partial charge in [0, 0.05) is 31.5 Å². The van der Waals surface area contributed by atoms with Crippen molar-refractivity contribution in [1.29, 1.82) is 0 Å². The van der Waals surface area contributed by atoms with Gasteiger partial charge < -0.3 is 14.7 Å². The number of benzene rings is 1. The zero-order valence-electron chi connectivity index (χ0n) is 14.2. The molecule has 1 aliphatic heterocycles.